The lowest BCUT2D eigenvalue weighted by molar-refractivity contribution is 0.612. The highest BCUT2D eigenvalue weighted by Gasteiger charge is 2.21. The predicted molar refractivity (Wildman–Crippen MR) is 70.2 cm³/mol. The van der Waals surface area contributed by atoms with Crippen molar-refractivity contribution in [1.29, 1.82) is 0 Å². The summed E-state index contributed by atoms with van der Waals surface area (Å²) in [7, 11) is 0. The van der Waals surface area contributed by atoms with Gasteiger partial charge in [0.05, 0.1) is 0 Å². The van der Waals surface area contributed by atoms with E-state index in [9.17, 15) is 0 Å². The molecule has 1 saturated heterocycles. The van der Waals surface area contributed by atoms with Gasteiger partial charge < -0.3 is 5.73 Å². The van der Waals surface area contributed by atoms with Crippen molar-refractivity contribution >= 4 is 17.4 Å². The summed E-state index contributed by atoms with van der Waals surface area (Å²) in [6, 6.07) is 6.03. The number of fused-ring (bicyclic) bond motifs is 1. The van der Waals surface area contributed by atoms with Crippen molar-refractivity contribution in [3.63, 3.8) is 0 Å². The molecule has 0 amide bonds. The lowest BCUT2D eigenvalue weighted by Gasteiger charge is -2.20. The van der Waals surface area contributed by atoms with Gasteiger partial charge in [0.1, 0.15) is 5.82 Å². The number of aromatic nitrogens is 3. The van der Waals surface area contributed by atoms with E-state index in [0.717, 1.165) is 22.9 Å². The molecule has 1 aliphatic heterocycles. The Bertz CT molecular complexity index is 516. The molecular weight excluding hydrogens is 232 g/mol. The van der Waals surface area contributed by atoms with Crippen molar-refractivity contribution in [1.82, 2.24) is 14.6 Å². The fourth-order valence-electron chi connectivity index (χ4n) is 2.40. The molecule has 17 heavy (non-hydrogen) atoms. The summed E-state index contributed by atoms with van der Waals surface area (Å²) >= 11 is 2.01. The van der Waals surface area contributed by atoms with Gasteiger partial charge in [-0.1, -0.05) is 6.07 Å². The van der Waals surface area contributed by atoms with Gasteiger partial charge in [-0.2, -0.15) is 11.8 Å². The van der Waals surface area contributed by atoms with Crippen molar-refractivity contribution in [3.8, 4) is 0 Å². The molecule has 2 aromatic heterocycles. The number of hydrogen-bond donors (Lipinski definition) is 1. The highest BCUT2D eigenvalue weighted by Crippen LogP contribution is 2.30. The van der Waals surface area contributed by atoms with E-state index >= 15 is 0 Å². The monoisotopic (exact) mass is 248 g/mol. The number of pyridine rings is 1. The second-order valence-corrected chi connectivity index (χ2v) is 5.54. The minimum absolute atomic E-state index is 0.524. The molecule has 1 atom stereocenters. The number of thioether (sulfide) groups is 1. The van der Waals surface area contributed by atoms with E-state index in [1.165, 1.54) is 18.6 Å². The molecule has 3 rings (SSSR count). The Labute approximate surface area is 105 Å². The van der Waals surface area contributed by atoms with Crippen molar-refractivity contribution < 1.29 is 0 Å². The third kappa shape index (κ3) is 1.93. The maximum Gasteiger partial charge on any atom is 0.161 e. The van der Waals surface area contributed by atoms with E-state index in [1.807, 2.05) is 23.9 Å². The molecule has 2 N–H and O–H groups in total. The molecule has 4 nitrogen and oxygen atoms in total. The van der Waals surface area contributed by atoms with Gasteiger partial charge in [0.25, 0.3) is 0 Å². The molecule has 3 heterocycles. The largest absolute Gasteiger partial charge is 0.325 e. The number of hydrogen-bond acceptors (Lipinski definition) is 4. The van der Waals surface area contributed by atoms with Crippen molar-refractivity contribution in [3.05, 3.63) is 29.7 Å². The Balaban J connectivity index is 2.09. The van der Waals surface area contributed by atoms with E-state index in [4.69, 9.17) is 5.73 Å². The van der Waals surface area contributed by atoms with E-state index in [-0.39, 0.29) is 0 Å². The lowest BCUT2D eigenvalue weighted by Crippen LogP contribution is -2.14. The zero-order valence-electron chi connectivity index (χ0n) is 9.67. The Morgan fingerprint density at radius 3 is 3.12 bits per heavy atom. The first-order valence-corrected chi connectivity index (χ1v) is 7.16. The Morgan fingerprint density at radius 1 is 1.41 bits per heavy atom. The summed E-state index contributed by atoms with van der Waals surface area (Å²) in [5.41, 5.74) is 7.80. The van der Waals surface area contributed by atoms with Crippen LogP contribution >= 0.6 is 11.8 Å². The van der Waals surface area contributed by atoms with Gasteiger partial charge in [0, 0.05) is 23.9 Å². The van der Waals surface area contributed by atoms with Crippen LogP contribution in [-0.2, 0) is 6.54 Å². The second-order valence-electron chi connectivity index (χ2n) is 4.39. The standard InChI is InChI=1S/C12H16N4S/c13-7-10-4-1-5-11-14-15-12(16(10)11)9-3-2-6-17-8-9/h1,4-5,9H,2-3,6-8,13H2. The molecule has 2 aromatic rings. The summed E-state index contributed by atoms with van der Waals surface area (Å²) in [6.45, 7) is 0.530. The summed E-state index contributed by atoms with van der Waals surface area (Å²) in [5, 5.41) is 8.62. The van der Waals surface area contributed by atoms with Crippen LogP contribution in [0.1, 0.15) is 30.3 Å². The van der Waals surface area contributed by atoms with Gasteiger partial charge >= 0.3 is 0 Å². The molecule has 1 unspecified atom stereocenters. The van der Waals surface area contributed by atoms with E-state index in [1.54, 1.807) is 0 Å². The predicted octanol–water partition coefficient (Wildman–Crippen LogP) is 1.80. The fraction of sp³-hybridized carbons (Fsp3) is 0.500. The molecule has 1 aliphatic rings. The Morgan fingerprint density at radius 2 is 2.35 bits per heavy atom. The first-order valence-electron chi connectivity index (χ1n) is 6.01. The quantitative estimate of drug-likeness (QED) is 0.880. The summed E-state index contributed by atoms with van der Waals surface area (Å²) in [6.07, 6.45) is 2.49. The van der Waals surface area contributed by atoms with Crippen LogP contribution in [0.4, 0.5) is 0 Å². The SMILES string of the molecule is NCc1cccc2nnc(C3CCCSC3)n12. The van der Waals surface area contributed by atoms with E-state index in [0.29, 0.717) is 12.5 Å². The molecule has 0 aromatic carbocycles. The molecule has 0 aliphatic carbocycles. The minimum Gasteiger partial charge on any atom is -0.325 e. The zero-order valence-corrected chi connectivity index (χ0v) is 10.5. The highest BCUT2D eigenvalue weighted by atomic mass is 32.2. The van der Waals surface area contributed by atoms with Crippen LogP contribution in [0.2, 0.25) is 0 Å². The van der Waals surface area contributed by atoms with Crippen LogP contribution in [0, 0.1) is 0 Å². The van der Waals surface area contributed by atoms with E-state index < -0.39 is 0 Å². The van der Waals surface area contributed by atoms with Gasteiger partial charge in [0.2, 0.25) is 0 Å². The van der Waals surface area contributed by atoms with Crippen LogP contribution in [-0.4, -0.2) is 26.1 Å². The Hall–Kier alpha value is -1.07. The lowest BCUT2D eigenvalue weighted by atomic mass is 10.0. The van der Waals surface area contributed by atoms with E-state index in [2.05, 4.69) is 20.7 Å². The number of nitrogens with zero attached hydrogens (tertiary/aromatic N) is 3. The molecule has 0 radical (unpaired) electrons. The zero-order chi connectivity index (χ0) is 11.7. The first kappa shape index (κ1) is 11.0. The minimum atomic E-state index is 0.524. The third-order valence-electron chi connectivity index (χ3n) is 3.27. The molecular formula is C12H16N4S. The topological polar surface area (TPSA) is 56.2 Å². The summed E-state index contributed by atoms with van der Waals surface area (Å²) < 4.78 is 2.14. The van der Waals surface area contributed by atoms with Crippen LogP contribution in [0.15, 0.2) is 18.2 Å². The van der Waals surface area contributed by atoms with Gasteiger partial charge in [0.15, 0.2) is 5.65 Å². The van der Waals surface area contributed by atoms with Gasteiger partial charge in [-0.15, -0.1) is 10.2 Å². The fourth-order valence-corrected chi connectivity index (χ4v) is 3.54. The summed E-state index contributed by atoms with van der Waals surface area (Å²) in [5.74, 6) is 4.04. The number of nitrogens with two attached hydrogens (primary N) is 1. The molecule has 0 spiro atoms. The maximum atomic E-state index is 5.79. The van der Waals surface area contributed by atoms with Gasteiger partial charge in [-0.05, 0) is 30.7 Å². The van der Waals surface area contributed by atoms with Crippen LogP contribution in [0.5, 0.6) is 0 Å². The molecule has 5 heteroatoms. The van der Waals surface area contributed by atoms with Crippen molar-refractivity contribution in [2.75, 3.05) is 11.5 Å². The highest BCUT2D eigenvalue weighted by molar-refractivity contribution is 7.99. The van der Waals surface area contributed by atoms with Crippen LogP contribution in [0.3, 0.4) is 0 Å². The summed E-state index contributed by atoms with van der Waals surface area (Å²) in [4.78, 5) is 0. The third-order valence-corrected chi connectivity index (χ3v) is 4.48. The van der Waals surface area contributed by atoms with Gasteiger partial charge in [-0.25, -0.2) is 0 Å². The Kier molecular flexibility index (Phi) is 3.03. The molecule has 0 saturated carbocycles. The molecule has 0 bridgehead atoms. The van der Waals surface area contributed by atoms with Gasteiger partial charge in [-0.3, -0.25) is 4.40 Å². The average Bonchev–Trinajstić information content (AvgIpc) is 2.83. The smallest absolute Gasteiger partial charge is 0.161 e. The van der Waals surface area contributed by atoms with Crippen molar-refractivity contribution in [2.24, 2.45) is 5.73 Å². The second kappa shape index (κ2) is 4.66. The van der Waals surface area contributed by atoms with Crippen LogP contribution in [0.25, 0.3) is 5.65 Å². The van der Waals surface area contributed by atoms with Crippen LogP contribution < -0.4 is 5.73 Å². The molecule has 90 valence electrons. The normalized spacial score (nSPS) is 20.9. The van der Waals surface area contributed by atoms with Crippen molar-refractivity contribution in [2.45, 2.75) is 25.3 Å². The number of rotatable bonds is 2. The first-order chi connectivity index (χ1) is 8.40. The molecule has 1 fully saturated rings. The average molecular weight is 248 g/mol. The maximum absolute atomic E-state index is 5.79.